The third-order valence-electron chi connectivity index (χ3n) is 5.58. The number of rotatable bonds is 19. The zero-order chi connectivity index (χ0) is 22.6. The number of carbonyl (C=O) groups excluding carboxylic acids is 2. The topological polar surface area (TPSA) is 67.4 Å². The first-order chi connectivity index (χ1) is 15.2. The summed E-state index contributed by atoms with van der Waals surface area (Å²) in [4.78, 5) is 23.4. The first-order valence-electron chi connectivity index (χ1n) is 12.4. The highest BCUT2D eigenvalue weighted by Crippen LogP contribution is 2.13. The van der Waals surface area contributed by atoms with Crippen LogP contribution in [0.3, 0.4) is 0 Å². The predicted molar refractivity (Wildman–Crippen MR) is 130 cm³/mol. The number of unbranched alkanes of at least 4 members (excludes halogenated alkanes) is 13. The summed E-state index contributed by atoms with van der Waals surface area (Å²) in [5, 5.41) is 6.03. The lowest BCUT2D eigenvalue weighted by Crippen LogP contribution is -2.28. The van der Waals surface area contributed by atoms with Crippen LogP contribution in [-0.4, -0.2) is 32.1 Å². The molecule has 0 aromatic heterocycles. The van der Waals surface area contributed by atoms with Crippen molar-refractivity contribution in [1.82, 2.24) is 5.32 Å². The van der Waals surface area contributed by atoms with Gasteiger partial charge in [0.1, 0.15) is 0 Å². The maximum Gasteiger partial charge on any atom is 0.337 e. The number of esters is 1. The number of hydrogen-bond acceptors (Lipinski definition) is 4. The van der Waals surface area contributed by atoms with E-state index in [0.717, 1.165) is 13.0 Å². The monoisotopic (exact) mass is 432 g/mol. The van der Waals surface area contributed by atoms with Gasteiger partial charge in [-0.3, -0.25) is 4.79 Å². The Morgan fingerprint density at radius 3 is 1.71 bits per heavy atom. The van der Waals surface area contributed by atoms with Gasteiger partial charge in [-0.05, 0) is 37.2 Å². The molecule has 0 atom stereocenters. The van der Waals surface area contributed by atoms with Gasteiger partial charge in [0.25, 0.3) is 0 Å². The fourth-order valence-corrected chi connectivity index (χ4v) is 3.66. The fourth-order valence-electron chi connectivity index (χ4n) is 3.66. The second kappa shape index (κ2) is 18.9. The maximum absolute atomic E-state index is 12.0. The van der Waals surface area contributed by atoms with Crippen LogP contribution in [0.4, 0.5) is 5.69 Å². The van der Waals surface area contributed by atoms with E-state index in [0.29, 0.717) is 17.8 Å². The molecule has 0 saturated heterocycles. The van der Waals surface area contributed by atoms with Gasteiger partial charge in [-0.2, -0.15) is 0 Å². The highest BCUT2D eigenvalue weighted by Gasteiger charge is 2.06. The highest BCUT2D eigenvalue weighted by molar-refractivity contribution is 5.93. The molecule has 1 aromatic carbocycles. The summed E-state index contributed by atoms with van der Waals surface area (Å²) in [7, 11) is 1.35. The van der Waals surface area contributed by atoms with Crippen LogP contribution in [0, 0.1) is 0 Å². The van der Waals surface area contributed by atoms with Crippen molar-refractivity contribution in [3.05, 3.63) is 29.8 Å². The molecule has 1 aromatic rings. The van der Waals surface area contributed by atoms with Crippen LogP contribution in [0.25, 0.3) is 0 Å². The number of carbonyl (C=O) groups is 2. The number of hydrogen-bond donors (Lipinski definition) is 2. The van der Waals surface area contributed by atoms with Crippen molar-refractivity contribution in [3.8, 4) is 0 Å². The number of methoxy groups -OCH3 is 1. The van der Waals surface area contributed by atoms with Gasteiger partial charge >= 0.3 is 5.97 Å². The average molecular weight is 433 g/mol. The van der Waals surface area contributed by atoms with Gasteiger partial charge in [0.2, 0.25) is 5.91 Å². The van der Waals surface area contributed by atoms with E-state index in [1.165, 1.54) is 90.6 Å². The molecule has 0 fully saturated rings. The Kier molecular flexibility index (Phi) is 16.5. The van der Waals surface area contributed by atoms with Gasteiger partial charge in [-0.1, -0.05) is 90.4 Å². The van der Waals surface area contributed by atoms with Crippen LogP contribution in [0.5, 0.6) is 0 Å². The van der Waals surface area contributed by atoms with Gasteiger partial charge < -0.3 is 15.4 Å². The molecular formula is C26H44N2O3. The molecule has 1 amide bonds. The van der Waals surface area contributed by atoms with Crippen molar-refractivity contribution >= 4 is 17.6 Å². The van der Waals surface area contributed by atoms with Crippen LogP contribution >= 0.6 is 0 Å². The van der Waals surface area contributed by atoms with Crippen molar-refractivity contribution in [2.75, 3.05) is 25.5 Å². The summed E-state index contributed by atoms with van der Waals surface area (Å²) < 4.78 is 4.66. The van der Waals surface area contributed by atoms with Crippen molar-refractivity contribution in [2.24, 2.45) is 0 Å². The van der Waals surface area contributed by atoms with Gasteiger partial charge in [0.15, 0.2) is 0 Å². The van der Waals surface area contributed by atoms with E-state index in [4.69, 9.17) is 0 Å². The maximum atomic E-state index is 12.0. The molecule has 0 aliphatic heterocycles. The quantitative estimate of drug-likeness (QED) is 0.194. The Morgan fingerprint density at radius 2 is 1.23 bits per heavy atom. The Hall–Kier alpha value is -1.88. The molecule has 2 N–H and O–H groups in total. The molecule has 31 heavy (non-hydrogen) atoms. The van der Waals surface area contributed by atoms with E-state index in [9.17, 15) is 9.59 Å². The van der Waals surface area contributed by atoms with Crippen molar-refractivity contribution < 1.29 is 14.3 Å². The fraction of sp³-hybridized carbons (Fsp3) is 0.692. The molecule has 0 spiro atoms. The minimum Gasteiger partial charge on any atom is -0.465 e. The first-order valence-corrected chi connectivity index (χ1v) is 12.4. The lowest BCUT2D eigenvalue weighted by Gasteiger charge is -2.07. The summed E-state index contributed by atoms with van der Waals surface area (Å²) in [5.41, 5.74) is 1.15. The lowest BCUT2D eigenvalue weighted by atomic mass is 10.0. The lowest BCUT2D eigenvalue weighted by molar-refractivity contribution is -0.115. The zero-order valence-corrected chi connectivity index (χ0v) is 19.8. The summed E-state index contributed by atoms with van der Waals surface area (Å²) in [5.74, 6) is -0.455. The molecule has 0 aliphatic rings. The molecule has 0 aliphatic carbocycles. The molecule has 0 radical (unpaired) electrons. The van der Waals surface area contributed by atoms with Crippen LogP contribution in [0.2, 0.25) is 0 Å². The second-order valence-corrected chi connectivity index (χ2v) is 8.39. The second-order valence-electron chi connectivity index (χ2n) is 8.39. The third-order valence-corrected chi connectivity index (χ3v) is 5.58. The minimum absolute atomic E-state index is 0.0730. The van der Waals surface area contributed by atoms with Crippen LogP contribution in [0.15, 0.2) is 24.3 Å². The number of anilines is 1. The zero-order valence-electron chi connectivity index (χ0n) is 19.8. The molecule has 0 bridgehead atoms. The summed E-state index contributed by atoms with van der Waals surface area (Å²) in [6, 6.07) is 6.70. The smallest absolute Gasteiger partial charge is 0.337 e. The van der Waals surface area contributed by atoms with Gasteiger partial charge in [0, 0.05) is 5.69 Å². The van der Waals surface area contributed by atoms with Gasteiger partial charge in [-0.15, -0.1) is 0 Å². The van der Waals surface area contributed by atoms with Crippen LogP contribution in [0.1, 0.15) is 107 Å². The van der Waals surface area contributed by atoms with Crippen molar-refractivity contribution in [3.63, 3.8) is 0 Å². The van der Waals surface area contributed by atoms with E-state index in [1.54, 1.807) is 24.3 Å². The minimum atomic E-state index is -0.382. The molecule has 1 rings (SSSR count). The normalized spacial score (nSPS) is 10.8. The Morgan fingerprint density at radius 1 is 0.742 bits per heavy atom. The molecule has 0 unspecified atom stereocenters. The molecule has 0 saturated carbocycles. The van der Waals surface area contributed by atoms with Crippen LogP contribution in [-0.2, 0) is 9.53 Å². The van der Waals surface area contributed by atoms with E-state index in [1.807, 2.05) is 0 Å². The number of amides is 1. The van der Waals surface area contributed by atoms with Gasteiger partial charge in [-0.25, -0.2) is 4.79 Å². The third kappa shape index (κ3) is 14.7. The van der Waals surface area contributed by atoms with E-state index in [-0.39, 0.29) is 11.9 Å². The SMILES string of the molecule is CCCCCCCCCCCCCCCCNCC(=O)Nc1ccc(C(=O)OC)cc1. The number of benzene rings is 1. The Labute approximate surface area is 189 Å². The number of nitrogens with one attached hydrogen (secondary N) is 2. The summed E-state index contributed by atoms with van der Waals surface area (Å²) >= 11 is 0. The molecule has 176 valence electrons. The first kappa shape index (κ1) is 27.2. The number of ether oxygens (including phenoxy) is 1. The van der Waals surface area contributed by atoms with Crippen LogP contribution < -0.4 is 10.6 Å². The van der Waals surface area contributed by atoms with E-state index in [2.05, 4.69) is 22.3 Å². The Balaban J connectivity index is 1.88. The highest BCUT2D eigenvalue weighted by atomic mass is 16.5. The largest absolute Gasteiger partial charge is 0.465 e. The summed E-state index contributed by atoms with van der Waals surface area (Å²) in [6.45, 7) is 3.44. The molecule has 0 heterocycles. The van der Waals surface area contributed by atoms with Gasteiger partial charge in [0.05, 0.1) is 19.2 Å². The van der Waals surface area contributed by atoms with Crippen molar-refractivity contribution in [2.45, 2.75) is 96.8 Å². The van der Waals surface area contributed by atoms with E-state index < -0.39 is 0 Å². The molecular weight excluding hydrogens is 388 g/mol. The molecule has 5 nitrogen and oxygen atoms in total. The standard InChI is InChI=1S/C26H44N2O3/c1-3-4-5-6-7-8-9-10-11-12-13-14-15-16-21-27-22-25(29)28-24-19-17-23(18-20-24)26(30)31-2/h17-20,27H,3-16,21-22H2,1-2H3,(H,28,29). The average Bonchev–Trinajstić information content (AvgIpc) is 2.78. The Bertz CT molecular complexity index is 587. The predicted octanol–water partition coefficient (Wildman–Crippen LogP) is 6.48. The molecule has 5 heteroatoms. The summed E-state index contributed by atoms with van der Waals surface area (Å²) in [6.07, 6.45) is 18.9. The van der Waals surface area contributed by atoms with E-state index >= 15 is 0 Å². The van der Waals surface area contributed by atoms with Crippen molar-refractivity contribution in [1.29, 1.82) is 0 Å².